The number of amides is 1. The molecule has 5 nitrogen and oxygen atoms in total. The topological polar surface area (TPSA) is 64.1 Å². The van der Waals surface area contributed by atoms with Crippen molar-refractivity contribution in [3.63, 3.8) is 0 Å². The molecule has 0 unspecified atom stereocenters. The monoisotopic (exact) mass is 375 g/mol. The molecule has 0 aliphatic heterocycles. The third kappa shape index (κ3) is 5.24. The number of nitrogens with one attached hydrogen (secondary N) is 1. The zero-order valence-electron chi connectivity index (χ0n) is 16.3. The van der Waals surface area contributed by atoms with Crippen LogP contribution in [0.4, 0.5) is 0 Å². The largest absolute Gasteiger partial charge is 0.377 e. The predicted molar refractivity (Wildman–Crippen MR) is 110 cm³/mol. The fourth-order valence-corrected chi connectivity index (χ4v) is 2.91. The molecule has 0 aliphatic carbocycles. The zero-order valence-corrected chi connectivity index (χ0v) is 16.3. The van der Waals surface area contributed by atoms with Crippen LogP contribution in [0.3, 0.4) is 0 Å². The first kappa shape index (κ1) is 19.7. The molecule has 1 amide bonds. The summed E-state index contributed by atoms with van der Waals surface area (Å²) in [5, 5.41) is 2.94. The zero-order chi connectivity index (χ0) is 19.8. The molecule has 144 valence electrons. The van der Waals surface area contributed by atoms with Gasteiger partial charge in [-0.25, -0.2) is 0 Å². The lowest BCUT2D eigenvalue weighted by Crippen LogP contribution is -2.24. The molecule has 0 bridgehead atoms. The second-order valence-electron chi connectivity index (χ2n) is 6.62. The van der Waals surface area contributed by atoms with E-state index in [1.165, 1.54) is 0 Å². The maximum absolute atomic E-state index is 12.3. The van der Waals surface area contributed by atoms with Gasteiger partial charge in [0.1, 0.15) is 0 Å². The second kappa shape index (κ2) is 9.76. The van der Waals surface area contributed by atoms with Crippen LogP contribution >= 0.6 is 0 Å². The SMILES string of the molecule is CO[C@H](C)c1cccc(-c2ccc(C(=O)NCCCc3ccccn3)cn2)c1. The van der Waals surface area contributed by atoms with Crippen molar-refractivity contribution in [3.8, 4) is 11.3 Å². The number of aromatic nitrogens is 2. The summed E-state index contributed by atoms with van der Waals surface area (Å²) in [6.45, 7) is 2.61. The molecule has 1 N–H and O–H groups in total. The van der Waals surface area contributed by atoms with Crippen molar-refractivity contribution >= 4 is 5.91 Å². The Morgan fingerprint density at radius 1 is 1.11 bits per heavy atom. The summed E-state index contributed by atoms with van der Waals surface area (Å²) < 4.78 is 5.38. The van der Waals surface area contributed by atoms with Crippen molar-refractivity contribution in [1.82, 2.24) is 15.3 Å². The molecule has 5 heteroatoms. The van der Waals surface area contributed by atoms with Gasteiger partial charge in [0.25, 0.3) is 5.91 Å². The van der Waals surface area contributed by atoms with E-state index in [-0.39, 0.29) is 12.0 Å². The minimum Gasteiger partial charge on any atom is -0.377 e. The molecule has 1 aromatic carbocycles. The molecule has 0 aliphatic rings. The number of rotatable bonds is 8. The number of benzene rings is 1. The molecule has 0 saturated carbocycles. The molecular weight excluding hydrogens is 350 g/mol. The fourth-order valence-electron chi connectivity index (χ4n) is 2.91. The van der Waals surface area contributed by atoms with Crippen molar-refractivity contribution < 1.29 is 9.53 Å². The highest BCUT2D eigenvalue weighted by Gasteiger charge is 2.09. The molecule has 0 saturated heterocycles. The van der Waals surface area contributed by atoms with Gasteiger partial charge in [0.15, 0.2) is 0 Å². The predicted octanol–water partition coefficient (Wildman–Crippen LogP) is 4.21. The second-order valence-corrected chi connectivity index (χ2v) is 6.62. The van der Waals surface area contributed by atoms with Gasteiger partial charge in [-0.3, -0.25) is 14.8 Å². The number of carbonyl (C=O) groups excluding carboxylic acids is 1. The average Bonchev–Trinajstić information content (AvgIpc) is 2.77. The summed E-state index contributed by atoms with van der Waals surface area (Å²) in [7, 11) is 1.69. The standard InChI is InChI=1S/C23H25N3O2/c1-17(28-2)18-7-5-8-19(15-18)22-12-11-20(16-26-22)23(27)25-14-6-10-21-9-3-4-13-24-21/h3-5,7-9,11-13,15-17H,6,10,14H2,1-2H3,(H,25,27)/t17-/m1/s1. The van der Waals surface area contributed by atoms with Gasteiger partial charge >= 0.3 is 0 Å². The minimum absolute atomic E-state index is 0.0242. The highest BCUT2D eigenvalue weighted by atomic mass is 16.5. The molecule has 0 fully saturated rings. The number of hydrogen-bond acceptors (Lipinski definition) is 4. The third-order valence-corrected chi connectivity index (χ3v) is 4.65. The van der Waals surface area contributed by atoms with Crippen LogP contribution in [0.25, 0.3) is 11.3 Å². The number of pyridine rings is 2. The van der Waals surface area contributed by atoms with Crippen molar-refractivity contribution in [1.29, 1.82) is 0 Å². The number of ether oxygens (including phenoxy) is 1. The van der Waals surface area contributed by atoms with Crippen molar-refractivity contribution in [2.75, 3.05) is 13.7 Å². The Morgan fingerprint density at radius 3 is 2.71 bits per heavy atom. The maximum Gasteiger partial charge on any atom is 0.252 e. The van der Waals surface area contributed by atoms with Gasteiger partial charge < -0.3 is 10.1 Å². The van der Waals surface area contributed by atoms with Gasteiger partial charge in [-0.15, -0.1) is 0 Å². The maximum atomic E-state index is 12.3. The molecule has 28 heavy (non-hydrogen) atoms. The van der Waals surface area contributed by atoms with E-state index in [1.54, 1.807) is 19.5 Å². The van der Waals surface area contributed by atoms with Crippen LogP contribution in [0.2, 0.25) is 0 Å². The molecule has 0 radical (unpaired) electrons. The highest BCUT2D eigenvalue weighted by molar-refractivity contribution is 5.94. The van der Waals surface area contributed by atoms with E-state index >= 15 is 0 Å². The number of carbonyl (C=O) groups is 1. The van der Waals surface area contributed by atoms with Crippen LogP contribution in [0.5, 0.6) is 0 Å². The van der Waals surface area contributed by atoms with Gasteiger partial charge in [0.2, 0.25) is 0 Å². The Labute approximate surface area is 165 Å². The van der Waals surface area contributed by atoms with Crippen LogP contribution < -0.4 is 5.32 Å². The summed E-state index contributed by atoms with van der Waals surface area (Å²) in [6, 6.07) is 17.6. The summed E-state index contributed by atoms with van der Waals surface area (Å²) in [5.74, 6) is -0.109. The first-order chi connectivity index (χ1) is 13.7. The van der Waals surface area contributed by atoms with Crippen LogP contribution in [-0.4, -0.2) is 29.5 Å². The molecular formula is C23H25N3O2. The van der Waals surface area contributed by atoms with Crippen molar-refractivity contribution in [2.45, 2.75) is 25.9 Å². The molecule has 2 aromatic heterocycles. The number of hydrogen-bond donors (Lipinski definition) is 1. The highest BCUT2D eigenvalue weighted by Crippen LogP contribution is 2.23. The number of methoxy groups -OCH3 is 1. The molecule has 2 heterocycles. The first-order valence-electron chi connectivity index (χ1n) is 9.44. The summed E-state index contributed by atoms with van der Waals surface area (Å²) in [4.78, 5) is 21.0. The van der Waals surface area contributed by atoms with Crippen molar-refractivity contribution in [3.05, 3.63) is 83.8 Å². The van der Waals surface area contributed by atoms with E-state index in [0.717, 1.165) is 35.4 Å². The van der Waals surface area contributed by atoms with Crippen molar-refractivity contribution in [2.24, 2.45) is 0 Å². The van der Waals surface area contributed by atoms with Crippen LogP contribution in [0, 0.1) is 0 Å². The molecule has 3 rings (SSSR count). The Bertz CT molecular complexity index is 895. The third-order valence-electron chi connectivity index (χ3n) is 4.65. The van der Waals surface area contributed by atoms with E-state index in [4.69, 9.17) is 4.74 Å². The normalized spacial score (nSPS) is 11.8. The lowest BCUT2D eigenvalue weighted by molar-refractivity contribution is 0.0953. The molecule has 0 spiro atoms. The Morgan fingerprint density at radius 2 is 2.00 bits per heavy atom. The Kier molecular flexibility index (Phi) is 6.87. The van der Waals surface area contributed by atoms with Gasteiger partial charge in [-0.05, 0) is 55.7 Å². The molecule has 1 atom stereocenters. The lowest BCUT2D eigenvalue weighted by Gasteiger charge is -2.11. The average molecular weight is 375 g/mol. The summed E-state index contributed by atoms with van der Waals surface area (Å²) in [5.41, 5.74) is 4.52. The van der Waals surface area contributed by atoms with E-state index < -0.39 is 0 Å². The summed E-state index contributed by atoms with van der Waals surface area (Å²) in [6.07, 6.45) is 5.12. The minimum atomic E-state index is -0.109. The first-order valence-corrected chi connectivity index (χ1v) is 9.44. The molecule has 3 aromatic rings. The van der Waals surface area contributed by atoms with Gasteiger partial charge in [-0.1, -0.05) is 24.3 Å². The van der Waals surface area contributed by atoms with Crippen LogP contribution in [0.15, 0.2) is 67.0 Å². The Hall–Kier alpha value is -3.05. The van der Waals surface area contributed by atoms with Gasteiger partial charge in [0.05, 0.1) is 17.4 Å². The number of aryl methyl sites for hydroxylation is 1. The lowest BCUT2D eigenvalue weighted by atomic mass is 10.0. The van der Waals surface area contributed by atoms with Gasteiger partial charge in [0, 0.05) is 37.3 Å². The van der Waals surface area contributed by atoms with E-state index in [2.05, 4.69) is 21.4 Å². The summed E-state index contributed by atoms with van der Waals surface area (Å²) >= 11 is 0. The van der Waals surface area contributed by atoms with Gasteiger partial charge in [-0.2, -0.15) is 0 Å². The van der Waals surface area contributed by atoms with E-state index in [1.807, 2.05) is 55.5 Å². The quantitative estimate of drug-likeness (QED) is 0.599. The fraction of sp³-hybridized carbons (Fsp3) is 0.261. The smallest absolute Gasteiger partial charge is 0.252 e. The van der Waals surface area contributed by atoms with E-state index in [0.29, 0.717) is 12.1 Å². The van der Waals surface area contributed by atoms with E-state index in [9.17, 15) is 4.79 Å². The van der Waals surface area contributed by atoms with Crippen LogP contribution in [0.1, 0.15) is 41.1 Å². The Balaban J connectivity index is 1.55. The number of nitrogens with zero attached hydrogens (tertiary/aromatic N) is 2. The van der Waals surface area contributed by atoms with Crippen LogP contribution in [-0.2, 0) is 11.2 Å².